The normalized spacial score (nSPS) is 11.5. The Balaban J connectivity index is 2.95. The Bertz CT molecular complexity index is 331. The lowest BCUT2D eigenvalue weighted by atomic mass is 10.1. The Morgan fingerprint density at radius 2 is 2.07 bits per heavy atom. The molecule has 0 aliphatic rings. The van der Waals surface area contributed by atoms with Crippen LogP contribution in [0.5, 0.6) is 0 Å². The topological polar surface area (TPSA) is 37.0 Å². The molecular formula is C11H18BrN3. The van der Waals surface area contributed by atoms with Gasteiger partial charge in [-0.1, -0.05) is 0 Å². The van der Waals surface area contributed by atoms with Gasteiger partial charge in [0.25, 0.3) is 0 Å². The fourth-order valence-corrected chi connectivity index (χ4v) is 1.65. The van der Waals surface area contributed by atoms with Gasteiger partial charge >= 0.3 is 0 Å². The zero-order valence-electron chi connectivity index (χ0n) is 9.69. The van der Waals surface area contributed by atoms with Gasteiger partial charge in [-0.3, -0.25) is 0 Å². The van der Waals surface area contributed by atoms with Crippen LogP contribution in [-0.2, 0) is 6.54 Å². The highest BCUT2D eigenvalue weighted by Crippen LogP contribution is 2.20. The number of nitrogens with zero attached hydrogens (tertiary/aromatic N) is 1. The average molecular weight is 272 g/mol. The van der Waals surface area contributed by atoms with Crippen LogP contribution in [0.25, 0.3) is 0 Å². The molecule has 0 atom stereocenters. The average Bonchev–Trinajstić information content (AvgIpc) is 2.08. The number of pyridine rings is 1. The molecule has 0 aliphatic carbocycles. The van der Waals surface area contributed by atoms with Crippen molar-refractivity contribution in [2.75, 3.05) is 12.4 Å². The molecule has 0 fully saturated rings. The summed E-state index contributed by atoms with van der Waals surface area (Å²) in [4.78, 5) is 4.38. The van der Waals surface area contributed by atoms with Crippen molar-refractivity contribution in [3.8, 4) is 0 Å². The van der Waals surface area contributed by atoms with Crippen LogP contribution in [0.4, 0.5) is 5.82 Å². The highest BCUT2D eigenvalue weighted by molar-refractivity contribution is 9.10. The van der Waals surface area contributed by atoms with Gasteiger partial charge in [-0.2, -0.15) is 0 Å². The molecule has 84 valence electrons. The van der Waals surface area contributed by atoms with Gasteiger partial charge in [0.2, 0.25) is 0 Å². The Labute approximate surface area is 99.8 Å². The number of rotatable bonds is 3. The van der Waals surface area contributed by atoms with E-state index >= 15 is 0 Å². The van der Waals surface area contributed by atoms with E-state index in [0.717, 1.165) is 16.8 Å². The molecule has 0 amide bonds. The molecule has 1 heterocycles. The molecule has 0 aliphatic heterocycles. The summed E-state index contributed by atoms with van der Waals surface area (Å²) in [6.45, 7) is 7.19. The van der Waals surface area contributed by atoms with Gasteiger partial charge in [0.15, 0.2) is 0 Å². The second kappa shape index (κ2) is 4.94. The SMILES string of the molecule is CNCc1cc(Br)cnc1NC(C)(C)C. The number of anilines is 1. The summed E-state index contributed by atoms with van der Waals surface area (Å²) in [5.41, 5.74) is 1.20. The second-order valence-corrected chi connectivity index (χ2v) is 5.48. The van der Waals surface area contributed by atoms with Gasteiger partial charge in [0.1, 0.15) is 5.82 Å². The van der Waals surface area contributed by atoms with Crippen LogP contribution in [0.15, 0.2) is 16.7 Å². The third-order valence-electron chi connectivity index (χ3n) is 1.79. The van der Waals surface area contributed by atoms with E-state index < -0.39 is 0 Å². The highest BCUT2D eigenvalue weighted by Gasteiger charge is 2.13. The molecule has 1 aromatic rings. The Hall–Kier alpha value is -0.610. The molecule has 15 heavy (non-hydrogen) atoms. The number of halogens is 1. The van der Waals surface area contributed by atoms with Crippen molar-refractivity contribution < 1.29 is 0 Å². The third-order valence-corrected chi connectivity index (χ3v) is 2.23. The highest BCUT2D eigenvalue weighted by atomic mass is 79.9. The van der Waals surface area contributed by atoms with Crippen molar-refractivity contribution in [1.82, 2.24) is 10.3 Å². The maximum absolute atomic E-state index is 4.38. The van der Waals surface area contributed by atoms with Crippen molar-refractivity contribution in [2.45, 2.75) is 32.9 Å². The van der Waals surface area contributed by atoms with Gasteiger partial charge < -0.3 is 10.6 Å². The van der Waals surface area contributed by atoms with Crippen molar-refractivity contribution >= 4 is 21.7 Å². The molecule has 0 radical (unpaired) electrons. The van der Waals surface area contributed by atoms with Crippen molar-refractivity contribution in [1.29, 1.82) is 0 Å². The summed E-state index contributed by atoms with van der Waals surface area (Å²) >= 11 is 3.43. The summed E-state index contributed by atoms with van der Waals surface area (Å²) in [6.07, 6.45) is 1.81. The van der Waals surface area contributed by atoms with Gasteiger partial charge in [0, 0.05) is 28.3 Å². The molecule has 1 rings (SSSR count). The van der Waals surface area contributed by atoms with Gasteiger partial charge in [0.05, 0.1) is 0 Å². The fourth-order valence-electron chi connectivity index (χ4n) is 1.27. The van der Waals surface area contributed by atoms with Gasteiger partial charge in [-0.15, -0.1) is 0 Å². The van der Waals surface area contributed by atoms with E-state index in [1.807, 2.05) is 13.2 Å². The largest absolute Gasteiger partial charge is 0.365 e. The summed E-state index contributed by atoms with van der Waals surface area (Å²) < 4.78 is 1.01. The Morgan fingerprint density at radius 1 is 1.40 bits per heavy atom. The van der Waals surface area contributed by atoms with Crippen LogP contribution in [0.2, 0.25) is 0 Å². The zero-order chi connectivity index (χ0) is 11.5. The predicted octanol–water partition coefficient (Wildman–Crippen LogP) is 2.77. The number of aromatic nitrogens is 1. The minimum Gasteiger partial charge on any atom is -0.365 e. The molecule has 0 aromatic carbocycles. The molecule has 0 saturated heterocycles. The van der Waals surface area contributed by atoms with Crippen LogP contribution in [0.3, 0.4) is 0 Å². The summed E-state index contributed by atoms with van der Waals surface area (Å²) in [5.74, 6) is 0.944. The molecule has 1 aromatic heterocycles. The third kappa shape index (κ3) is 4.18. The molecule has 0 bridgehead atoms. The van der Waals surface area contributed by atoms with E-state index in [1.165, 1.54) is 5.56 Å². The minimum absolute atomic E-state index is 0.0311. The van der Waals surface area contributed by atoms with E-state index in [4.69, 9.17) is 0 Å². The molecule has 2 N–H and O–H groups in total. The van der Waals surface area contributed by atoms with Crippen LogP contribution in [0.1, 0.15) is 26.3 Å². The quantitative estimate of drug-likeness (QED) is 0.888. The molecule has 3 nitrogen and oxygen atoms in total. The lowest BCUT2D eigenvalue weighted by Gasteiger charge is -2.23. The molecule has 0 saturated carbocycles. The van der Waals surface area contributed by atoms with E-state index in [1.54, 1.807) is 0 Å². The van der Waals surface area contributed by atoms with Gasteiger partial charge in [-0.25, -0.2) is 4.98 Å². The first-order valence-corrected chi connectivity index (χ1v) is 5.79. The Morgan fingerprint density at radius 3 is 2.60 bits per heavy atom. The van der Waals surface area contributed by atoms with Gasteiger partial charge in [-0.05, 0) is 49.8 Å². The first kappa shape index (κ1) is 12.5. The Kier molecular flexibility index (Phi) is 4.11. The van der Waals surface area contributed by atoms with Crippen LogP contribution >= 0.6 is 15.9 Å². The van der Waals surface area contributed by atoms with Crippen LogP contribution in [-0.4, -0.2) is 17.6 Å². The molecular weight excluding hydrogens is 254 g/mol. The maximum Gasteiger partial charge on any atom is 0.130 e. The molecule has 0 unspecified atom stereocenters. The summed E-state index contributed by atoms with van der Waals surface area (Å²) in [5, 5.41) is 6.53. The zero-order valence-corrected chi connectivity index (χ0v) is 11.3. The lowest BCUT2D eigenvalue weighted by molar-refractivity contribution is 0.627. The smallest absolute Gasteiger partial charge is 0.130 e. The standard InChI is InChI=1S/C11H18BrN3/c1-11(2,3)15-10-8(6-13-4)5-9(12)7-14-10/h5,7,13H,6H2,1-4H3,(H,14,15). The van der Waals surface area contributed by atoms with Crippen LogP contribution in [0, 0.1) is 0 Å². The maximum atomic E-state index is 4.38. The molecule has 0 spiro atoms. The number of hydrogen-bond acceptors (Lipinski definition) is 3. The van der Waals surface area contributed by atoms with Crippen molar-refractivity contribution in [3.63, 3.8) is 0 Å². The number of hydrogen-bond donors (Lipinski definition) is 2. The fraction of sp³-hybridized carbons (Fsp3) is 0.545. The lowest BCUT2D eigenvalue weighted by Crippen LogP contribution is -2.28. The van der Waals surface area contributed by atoms with Crippen molar-refractivity contribution in [3.05, 3.63) is 22.3 Å². The first-order chi connectivity index (χ1) is 6.92. The summed E-state index contributed by atoms with van der Waals surface area (Å²) in [6, 6.07) is 2.08. The number of nitrogens with one attached hydrogen (secondary N) is 2. The van der Waals surface area contributed by atoms with E-state index in [2.05, 4.69) is 58.4 Å². The first-order valence-electron chi connectivity index (χ1n) is 4.99. The van der Waals surface area contributed by atoms with E-state index in [-0.39, 0.29) is 5.54 Å². The van der Waals surface area contributed by atoms with Crippen LogP contribution < -0.4 is 10.6 Å². The molecule has 4 heteroatoms. The summed E-state index contributed by atoms with van der Waals surface area (Å²) in [7, 11) is 1.93. The monoisotopic (exact) mass is 271 g/mol. The van der Waals surface area contributed by atoms with E-state index in [9.17, 15) is 0 Å². The second-order valence-electron chi connectivity index (χ2n) is 4.57. The minimum atomic E-state index is 0.0311. The van der Waals surface area contributed by atoms with E-state index in [0.29, 0.717) is 0 Å². The predicted molar refractivity (Wildman–Crippen MR) is 68.1 cm³/mol. The van der Waals surface area contributed by atoms with Crippen molar-refractivity contribution in [2.24, 2.45) is 0 Å².